The summed E-state index contributed by atoms with van der Waals surface area (Å²) in [5.74, 6) is -0.00885. The van der Waals surface area contributed by atoms with E-state index in [0.717, 1.165) is 12.8 Å². The van der Waals surface area contributed by atoms with Crippen LogP contribution in [0.3, 0.4) is 0 Å². The Morgan fingerprint density at radius 1 is 1.50 bits per heavy atom. The van der Waals surface area contributed by atoms with Gasteiger partial charge >= 0.3 is 0 Å². The minimum absolute atomic E-state index is 0.00885. The highest BCUT2D eigenvalue weighted by Crippen LogP contribution is 2.03. The molecule has 1 atom stereocenters. The average Bonchev–Trinajstić information content (AvgIpc) is 2.14. The van der Waals surface area contributed by atoms with Gasteiger partial charge in [0.15, 0.2) is 0 Å². The van der Waals surface area contributed by atoms with E-state index in [2.05, 4.69) is 10.6 Å². The molecule has 0 aliphatic heterocycles. The average molecular weight is 202 g/mol. The third-order valence-corrected chi connectivity index (χ3v) is 2.37. The highest BCUT2D eigenvalue weighted by atomic mass is 16.3. The minimum atomic E-state index is -0.534. The van der Waals surface area contributed by atoms with Crippen molar-refractivity contribution in [2.24, 2.45) is 0 Å². The van der Waals surface area contributed by atoms with E-state index < -0.39 is 5.54 Å². The van der Waals surface area contributed by atoms with Gasteiger partial charge in [-0.2, -0.15) is 0 Å². The van der Waals surface area contributed by atoms with Crippen molar-refractivity contribution in [1.82, 2.24) is 10.6 Å². The van der Waals surface area contributed by atoms with Gasteiger partial charge in [-0.1, -0.05) is 0 Å². The fourth-order valence-electron chi connectivity index (χ4n) is 0.987. The molecule has 0 aliphatic rings. The van der Waals surface area contributed by atoms with Crippen LogP contribution in [0, 0.1) is 0 Å². The zero-order valence-corrected chi connectivity index (χ0v) is 9.55. The number of carbonyl (C=O) groups excluding carboxylic acids is 1. The van der Waals surface area contributed by atoms with Gasteiger partial charge in [-0.05, 0) is 40.7 Å². The summed E-state index contributed by atoms with van der Waals surface area (Å²) in [5.41, 5.74) is -0.534. The van der Waals surface area contributed by atoms with E-state index >= 15 is 0 Å². The number of nitrogens with one attached hydrogen (secondary N) is 2. The molecule has 4 nitrogen and oxygen atoms in total. The summed E-state index contributed by atoms with van der Waals surface area (Å²) >= 11 is 0. The van der Waals surface area contributed by atoms with Gasteiger partial charge in [0.25, 0.3) is 0 Å². The van der Waals surface area contributed by atoms with Crippen LogP contribution >= 0.6 is 0 Å². The number of aliphatic hydroxyl groups is 1. The highest BCUT2D eigenvalue weighted by molar-refractivity contribution is 5.85. The maximum absolute atomic E-state index is 11.6. The van der Waals surface area contributed by atoms with Gasteiger partial charge in [0, 0.05) is 12.6 Å². The molecule has 0 fully saturated rings. The van der Waals surface area contributed by atoms with Crippen molar-refractivity contribution in [2.45, 2.75) is 45.2 Å². The molecular weight excluding hydrogens is 180 g/mol. The molecule has 84 valence electrons. The summed E-state index contributed by atoms with van der Waals surface area (Å²) in [6.07, 6.45) is 1.53. The first-order chi connectivity index (χ1) is 6.44. The molecule has 0 bridgehead atoms. The van der Waals surface area contributed by atoms with Gasteiger partial charge in [0.2, 0.25) is 5.91 Å². The fraction of sp³-hybridized carbons (Fsp3) is 0.900. The maximum Gasteiger partial charge on any atom is 0.239 e. The summed E-state index contributed by atoms with van der Waals surface area (Å²) in [6.45, 7) is 5.79. The van der Waals surface area contributed by atoms with Gasteiger partial charge in [0.05, 0.1) is 5.54 Å². The van der Waals surface area contributed by atoms with E-state index in [4.69, 9.17) is 5.11 Å². The predicted octanol–water partition coefficient (Wildman–Crippen LogP) is 0.262. The second-order valence-corrected chi connectivity index (χ2v) is 4.12. The van der Waals surface area contributed by atoms with Gasteiger partial charge in [-0.15, -0.1) is 0 Å². The van der Waals surface area contributed by atoms with E-state index in [1.54, 1.807) is 7.05 Å². The zero-order chi connectivity index (χ0) is 11.2. The SMILES string of the molecule is CNC(C)(C)C(=O)NC(C)CCCO. The third-order valence-electron chi connectivity index (χ3n) is 2.37. The van der Waals surface area contributed by atoms with Crippen LogP contribution in [0.5, 0.6) is 0 Å². The van der Waals surface area contributed by atoms with Crippen molar-refractivity contribution < 1.29 is 9.90 Å². The first-order valence-electron chi connectivity index (χ1n) is 5.04. The molecule has 0 aromatic heterocycles. The van der Waals surface area contributed by atoms with Crippen molar-refractivity contribution in [3.05, 3.63) is 0 Å². The molecule has 0 aliphatic carbocycles. The Kier molecular flexibility index (Phi) is 5.72. The Hall–Kier alpha value is -0.610. The zero-order valence-electron chi connectivity index (χ0n) is 9.55. The van der Waals surface area contributed by atoms with E-state index in [1.165, 1.54) is 0 Å². The molecular formula is C10H22N2O2. The lowest BCUT2D eigenvalue weighted by atomic mass is 10.0. The number of likely N-dealkylation sites (N-methyl/N-ethyl adjacent to an activating group) is 1. The Morgan fingerprint density at radius 2 is 2.07 bits per heavy atom. The fourth-order valence-corrected chi connectivity index (χ4v) is 0.987. The topological polar surface area (TPSA) is 61.4 Å². The molecule has 0 saturated heterocycles. The minimum Gasteiger partial charge on any atom is -0.396 e. The second kappa shape index (κ2) is 5.98. The third kappa shape index (κ3) is 4.58. The number of carbonyl (C=O) groups is 1. The lowest BCUT2D eigenvalue weighted by Crippen LogP contribution is -2.53. The van der Waals surface area contributed by atoms with Crippen molar-refractivity contribution >= 4 is 5.91 Å². The van der Waals surface area contributed by atoms with Crippen LogP contribution in [0.4, 0.5) is 0 Å². The molecule has 3 N–H and O–H groups in total. The molecule has 0 aromatic carbocycles. The predicted molar refractivity (Wildman–Crippen MR) is 57.1 cm³/mol. The first-order valence-corrected chi connectivity index (χ1v) is 5.04. The number of hydrogen-bond acceptors (Lipinski definition) is 3. The van der Waals surface area contributed by atoms with Gasteiger partial charge in [-0.25, -0.2) is 0 Å². The van der Waals surface area contributed by atoms with Crippen LogP contribution < -0.4 is 10.6 Å². The molecule has 4 heteroatoms. The number of rotatable bonds is 6. The summed E-state index contributed by atoms with van der Waals surface area (Å²) in [4.78, 5) is 11.6. The Labute approximate surface area is 86.1 Å². The maximum atomic E-state index is 11.6. The summed E-state index contributed by atoms with van der Waals surface area (Å²) in [7, 11) is 1.76. The van der Waals surface area contributed by atoms with Crippen LogP contribution in [-0.4, -0.2) is 36.2 Å². The number of amides is 1. The quantitative estimate of drug-likeness (QED) is 0.579. The monoisotopic (exact) mass is 202 g/mol. The van der Waals surface area contributed by atoms with Gasteiger partial charge in [-0.3, -0.25) is 4.79 Å². The molecule has 0 aromatic rings. The first kappa shape index (κ1) is 13.4. The van der Waals surface area contributed by atoms with Gasteiger partial charge < -0.3 is 15.7 Å². The molecule has 1 amide bonds. The van der Waals surface area contributed by atoms with E-state index in [1.807, 2.05) is 20.8 Å². The molecule has 0 rings (SSSR count). The van der Waals surface area contributed by atoms with E-state index in [0.29, 0.717) is 0 Å². The summed E-state index contributed by atoms with van der Waals surface area (Å²) < 4.78 is 0. The smallest absolute Gasteiger partial charge is 0.239 e. The largest absolute Gasteiger partial charge is 0.396 e. The number of hydrogen-bond donors (Lipinski definition) is 3. The Bertz CT molecular complexity index is 181. The normalized spacial score (nSPS) is 13.8. The number of aliphatic hydroxyl groups excluding tert-OH is 1. The molecule has 0 heterocycles. The van der Waals surface area contributed by atoms with E-state index in [9.17, 15) is 4.79 Å². The molecule has 1 unspecified atom stereocenters. The van der Waals surface area contributed by atoms with Crippen molar-refractivity contribution in [2.75, 3.05) is 13.7 Å². The van der Waals surface area contributed by atoms with Crippen molar-refractivity contribution in [3.8, 4) is 0 Å². The summed E-state index contributed by atoms with van der Waals surface area (Å²) in [6, 6.07) is 0.113. The van der Waals surface area contributed by atoms with E-state index in [-0.39, 0.29) is 18.6 Å². The van der Waals surface area contributed by atoms with Crippen LogP contribution in [0.1, 0.15) is 33.6 Å². The van der Waals surface area contributed by atoms with Gasteiger partial charge in [0.1, 0.15) is 0 Å². The highest BCUT2D eigenvalue weighted by Gasteiger charge is 2.25. The Balaban J connectivity index is 3.93. The molecule has 14 heavy (non-hydrogen) atoms. The second-order valence-electron chi connectivity index (χ2n) is 4.12. The standard InChI is InChI=1S/C10H22N2O2/c1-8(6-5-7-13)12-9(14)10(2,3)11-4/h8,11,13H,5-7H2,1-4H3,(H,12,14). The molecule has 0 radical (unpaired) electrons. The van der Waals surface area contributed by atoms with Crippen molar-refractivity contribution in [3.63, 3.8) is 0 Å². The molecule has 0 saturated carbocycles. The lowest BCUT2D eigenvalue weighted by molar-refractivity contribution is -0.126. The van der Waals surface area contributed by atoms with Crippen LogP contribution in [-0.2, 0) is 4.79 Å². The Morgan fingerprint density at radius 3 is 2.50 bits per heavy atom. The van der Waals surface area contributed by atoms with Crippen LogP contribution in [0.25, 0.3) is 0 Å². The van der Waals surface area contributed by atoms with Crippen LogP contribution in [0.15, 0.2) is 0 Å². The lowest BCUT2D eigenvalue weighted by Gasteiger charge is -2.25. The molecule has 0 spiro atoms. The summed E-state index contributed by atoms with van der Waals surface area (Å²) in [5, 5.41) is 14.5. The van der Waals surface area contributed by atoms with Crippen molar-refractivity contribution in [1.29, 1.82) is 0 Å². The van der Waals surface area contributed by atoms with Crippen LogP contribution in [0.2, 0.25) is 0 Å².